The van der Waals surface area contributed by atoms with E-state index in [-0.39, 0.29) is 10.9 Å². The van der Waals surface area contributed by atoms with Crippen LogP contribution >= 0.6 is 11.6 Å². The number of rotatable bonds is 3. The van der Waals surface area contributed by atoms with E-state index in [1.165, 1.54) is 13.2 Å². The fourth-order valence-electron chi connectivity index (χ4n) is 3.55. The van der Waals surface area contributed by atoms with Gasteiger partial charge >= 0.3 is 0 Å². The molecule has 0 aliphatic carbocycles. The van der Waals surface area contributed by atoms with E-state index in [0.29, 0.717) is 23.2 Å². The number of sulfonamides is 1. The maximum Gasteiger partial charge on any atom is 0.247 e. The van der Waals surface area contributed by atoms with E-state index in [0.717, 1.165) is 25.9 Å². The number of hydrogen-bond acceptors (Lipinski definition) is 4. The molecule has 7 heteroatoms. The first-order valence-electron chi connectivity index (χ1n) is 7.45. The summed E-state index contributed by atoms with van der Waals surface area (Å²) in [5.74, 6) is 0.738. The second-order valence-corrected chi connectivity index (χ2v) is 8.48. The average molecular weight is 345 g/mol. The van der Waals surface area contributed by atoms with Crippen LogP contribution in [0.15, 0.2) is 23.1 Å². The monoisotopic (exact) mass is 344 g/mol. The number of likely N-dealkylation sites (N-methyl/N-ethyl adjacent to an activating group) is 1. The Morgan fingerprint density at radius 3 is 2.73 bits per heavy atom. The highest BCUT2D eigenvalue weighted by Crippen LogP contribution is 2.35. The van der Waals surface area contributed by atoms with Crippen LogP contribution in [0.25, 0.3) is 0 Å². The van der Waals surface area contributed by atoms with Crippen LogP contribution in [-0.4, -0.2) is 57.5 Å². The summed E-state index contributed by atoms with van der Waals surface area (Å²) in [6.07, 6.45) is 2.00. The summed E-state index contributed by atoms with van der Waals surface area (Å²) < 4.78 is 33.2. The fourth-order valence-corrected chi connectivity index (χ4v) is 5.69. The molecule has 1 aromatic carbocycles. The highest BCUT2D eigenvalue weighted by atomic mass is 35.5. The smallest absolute Gasteiger partial charge is 0.247 e. The summed E-state index contributed by atoms with van der Waals surface area (Å²) in [5, 5.41) is 0.400. The van der Waals surface area contributed by atoms with E-state index in [1.807, 2.05) is 0 Å². The Balaban J connectivity index is 2.01. The van der Waals surface area contributed by atoms with Crippen LogP contribution in [0.4, 0.5) is 0 Å². The molecule has 0 radical (unpaired) electrons. The molecule has 0 aromatic heterocycles. The molecule has 1 aromatic rings. The Morgan fingerprint density at radius 2 is 2.00 bits per heavy atom. The highest BCUT2D eigenvalue weighted by Gasteiger charge is 2.41. The van der Waals surface area contributed by atoms with Gasteiger partial charge in [-0.05, 0) is 44.0 Å². The molecule has 3 fully saturated rings. The average Bonchev–Trinajstić information content (AvgIpc) is 2.76. The van der Waals surface area contributed by atoms with Gasteiger partial charge in [0.05, 0.1) is 7.11 Å². The van der Waals surface area contributed by atoms with Gasteiger partial charge in [0.1, 0.15) is 10.6 Å². The molecule has 0 unspecified atom stereocenters. The van der Waals surface area contributed by atoms with E-state index < -0.39 is 10.0 Å². The molecule has 22 heavy (non-hydrogen) atoms. The molecular formula is C15H21ClN2O3S. The maximum absolute atomic E-state index is 13.1. The first kappa shape index (κ1) is 16.1. The fraction of sp³-hybridized carbons (Fsp3) is 0.600. The molecule has 0 saturated carbocycles. The molecule has 2 atom stereocenters. The third-order valence-electron chi connectivity index (χ3n) is 4.56. The summed E-state index contributed by atoms with van der Waals surface area (Å²) in [4.78, 5) is 2.39. The molecule has 0 N–H and O–H groups in total. The number of ether oxygens (including phenoxy) is 1. The standard InChI is InChI=1S/C15H21ClN2O3S/c1-17-8-11-3-5-13(10-17)18(9-11)22(19,20)15-7-12(16)4-6-14(15)21-2/h4,6-7,11,13H,3,5,8-10H2,1-2H3/t11-,13+/m1/s1. The molecule has 3 saturated heterocycles. The molecule has 0 amide bonds. The van der Waals surface area contributed by atoms with Crippen molar-refractivity contribution in [3.8, 4) is 5.75 Å². The van der Waals surface area contributed by atoms with Crippen molar-refractivity contribution in [2.75, 3.05) is 33.8 Å². The van der Waals surface area contributed by atoms with Crippen molar-refractivity contribution in [3.05, 3.63) is 23.2 Å². The van der Waals surface area contributed by atoms with Gasteiger partial charge in [0.2, 0.25) is 10.0 Å². The third kappa shape index (κ3) is 2.85. The third-order valence-corrected chi connectivity index (χ3v) is 6.73. The van der Waals surface area contributed by atoms with Gasteiger partial charge in [-0.15, -0.1) is 0 Å². The Hall–Kier alpha value is -0.820. The minimum Gasteiger partial charge on any atom is -0.495 e. The number of benzene rings is 1. The lowest BCUT2D eigenvalue weighted by molar-refractivity contribution is 0.228. The second kappa shape index (κ2) is 6.00. The van der Waals surface area contributed by atoms with E-state index in [1.54, 1.807) is 16.4 Å². The van der Waals surface area contributed by atoms with Crippen molar-refractivity contribution in [1.82, 2.24) is 9.21 Å². The minimum absolute atomic E-state index is 0.0254. The quantitative estimate of drug-likeness (QED) is 0.842. The Bertz CT molecular complexity index is 665. The predicted molar refractivity (Wildman–Crippen MR) is 85.9 cm³/mol. The summed E-state index contributed by atoms with van der Waals surface area (Å²) in [6, 6.07) is 4.76. The van der Waals surface area contributed by atoms with Crippen molar-refractivity contribution >= 4 is 21.6 Å². The molecule has 4 rings (SSSR count). The Kier molecular flexibility index (Phi) is 4.38. The zero-order chi connectivity index (χ0) is 15.9. The Morgan fingerprint density at radius 1 is 1.23 bits per heavy atom. The molecule has 5 nitrogen and oxygen atoms in total. The van der Waals surface area contributed by atoms with E-state index >= 15 is 0 Å². The van der Waals surface area contributed by atoms with Crippen LogP contribution in [-0.2, 0) is 10.0 Å². The van der Waals surface area contributed by atoms with Crippen molar-refractivity contribution < 1.29 is 13.2 Å². The molecule has 122 valence electrons. The van der Waals surface area contributed by atoms with Crippen molar-refractivity contribution in [1.29, 1.82) is 0 Å². The molecule has 3 aliphatic heterocycles. The molecular weight excluding hydrogens is 324 g/mol. The predicted octanol–water partition coefficient (Wildman–Crippen LogP) is 2.06. The summed E-state index contributed by atoms with van der Waals surface area (Å²) in [7, 11) is -0.0739. The van der Waals surface area contributed by atoms with Crippen LogP contribution in [0.2, 0.25) is 5.02 Å². The highest BCUT2D eigenvalue weighted by molar-refractivity contribution is 7.89. The number of halogens is 1. The molecule has 2 bridgehead atoms. The molecule has 3 heterocycles. The van der Waals surface area contributed by atoms with Crippen molar-refractivity contribution in [2.24, 2.45) is 5.92 Å². The number of piperidine rings is 1. The van der Waals surface area contributed by atoms with Gasteiger partial charge in [0.15, 0.2) is 0 Å². The molecule has 3 aliphatic rings. The van der Waals surface area contributed by atoms with Crippen LogP contribution in [0.3, 0.4) is 0 Å². The maximum atomic E-state index is 13.1. The topological polar surface area (TPSA) is 49.9 Å². The van der Waals surface area contributed by atoms with Gasteiger partial charge in [0, 0.05) is 30.7 Å². The van der Waals surface area contributed by atoms with Gasteiger partial charge in [-0.3, -0.25) is 0 Å². The minimum atomic E-state index is -3.61. The normalized spacial score (nSPS) is 26.9. The number of methoxy groups -OCH3 is 1. The van der Waals surface area contributed by atoms with Gasteiger partial charge in [-0.1, -0.05) is 11.6 Å². The summed E-state index contributed by atoms with van der Waals surface area (Å²) in [5.41, 5.74) is 0. The first-order chi connectivity index (χ1) is 10.4. The SMILES string of the molecule is COc1ccc(Cl)cc1S(=O)(=O)N1C[C@@H]2CC[C@H]1CN(C)C2. The lowest BCUT2D eigenvalue weighted by Crippen LogP contribution is -2.47. The van der Waals surface area contributed by atoms with E-state index in [4.69, 9.17) is 16.3 Å². The van der Waals surface area contributed by atoms with E-state index in [2.05, 4.69) is 11.9 Å². The summed E-state index contributed by atoms with van der Waals surface area (Å²) in [6.45, 7) is 2.31. The van der Waals surface area contributed by atoms with Gasteiger partial charge < -0.3 is 9.64 Å². The molecule has 0 spiro atoms. The van der Waals surface area contributed by atoms with Gasteiger partial charge in [0.25, 0.3) is 0 Å². The van der Waals surface area contributed by atoms with Gasteiger partial charge in [-0.2, -0.15) is 4.31 Å². The van der Waals surface area contributed by atoms with Crippen LogP contribution in [0, 0.1) is 5.92 Å². The Labute approximate surface area is 136 Å². The largest absolute Gasteiger partial charge is 0.495 e. The summed E-state index contributed by atoms with van der Waals surface area (Å²) >= 11 is 6.01. The van der Waals surface area contributed by atoms with Crippen LogP contribution < -0.4 is 4.74 Å². The zero-order valence-corrected chi connectivity index (χ0v) is 14.4. The second-order valence-electron chi connectivity index (χ2n) is 6.19. The lowest BCUT2D eigenvalue weighted by atomic mass is 9.97. The van der Waals surface area contributed by atoms with Crippen LogP contribution in [0.1, 0.15) is 12.8 Å². The lowest BCUT2D eigenvalue weighted by Gasteiger charge is -2.35. The zero-order valence-electron chi connectivity index (χ0n) is 12.8. The number of hydrogen-bond donors (Lipinski definition) is 0. The number of nitrogens with zero attached hydrogens (tertiary/aromatic N) is 2. The van der Waals surface area contributed by atoms with Crippen molar-refractivity contribution in [3.63, 3.8) is 0 Å². The van der Waals surface area contributed by atoms with Crippen LogP contribution in [0.5, 0.6) is 5.75 Å². The van der Waals surface area contributed by atoms with Gasteiger partial charge in [-0.25, -0.2) is 8.42 Å². The number of fused-ring (bicyclic) bond motifs is 4. The van der Waals surface area contributed by atoms with Crippen molar-refractivity contribution in [2.45, 2.75) is 23.8 Å². The first-order valence-corrected chi connectivity index (χ1v) is 9.27. The van der Waals surface area contributed by atoms with E-state index in [9.17, 15) is 8.42 Å².